The molecule has 1 atom stereocenters. The van der Waals surface area contributed by atoms with E-state index in [-0.39, 0.29) is 24.4 Å². The van der Waals surface area contributed by atoms with Crippen LogP contribution in [0, 0.1) is 5.41 Å². The minimum absolute atomic E-state index is 0. The van der Waals surface area contributed by atoms with E-state index in [1.807, 2.05) is 20.3 Å². The molecule has 22 heavy (non-hydrogen) atoms. The number of carbonyl (C=O) groups is 1. The van der Waals surface area contributed by atoms with Crippen LogP contribution < -0.4 is 5.32 Å². The summed E-state index contributed by atoms with van der Waals surface area (Å²) in [6.07, 6.45) is 11.5. The molecule has 2 heterocycles. The van der Waals surface area contributed by atoms with E-state index in [1.165, 1.54) is 38.5 Å². The highest BCUT2D eigenvalue weighted by Gasteiger charge is 2.41. The molecule has 124 valence electrons. The van der Waals surface area contributed by atoms with Crippen molar-refractivity contribution in [2.75, 3.05) is 20.1 Å². The zero-order valence-corrected chi connectivity index (χ0v) is 14.4. The second-order valence-electron chi connectivity index (χ2n) is 6.74. The van der Waals surface area contributed by atoms with Crippen LogP contribution in [0.1, 0.15) is 50.1 Å². The molecule has 1 unspecified atom stereocenters. The molecule has 5 nitrogen and oxygen atoms in total. The number of hydrogen-bond donors (Lipinski definition) is 1. The van der Waals surface area contributed by atoms with Crippen molar-refractivity contribution in [1.82, 2.24) is 20.0 Å². The molecule has 3 rings (SSSR count). The molecule has 6 heteroatoms. The average Bonchev–Trinajstić information content (AvgIpc) is 3.08. The molecule has 2 aliphatic rings. The highest BCUT2D eigenvalue weighted by atomic mass is 35.5. The number of nitrogens with one attached hydrogen (secondary N) is 1. The van der Waals surface area contributed by atoms with E-state index in [1.54, 1.807) is 10.9 Å². The Bertz CT molecular complexity index is 510. The van der Waals surface area contributed by atoms with Crippen LogP contribution in [0.5, 0.6) is 0 Å². The Labute approximate surface area is 138 Å². The standard InChI is InChI=1S/C16H26N4O.ClH/c1-17-14(13-10-18-19(2)11-13)15(21)20-9-8-16(12-20)6-4-3-5-7-16;/h10-11,14,17H,3-9,12H2,1-2H3;1H. The summed E-state index contributed by atoms with van der Waals surface area (Å²) in [6.45, 7) is 1.86. The normalized spacial score (nSPS) is 21.6. The Kier molecular flexibility index (Phi) is 5.50. The predicted octanol–water partition coefficient (Wildman–Crippen LogP) is 2.29. The number of amides is 1. The van der Waals surface area contributed by atoms with Crippen LogP contribution >= 0.6 is 12.4 Å². The van der Waals surface area contributed by atoms with Gasteiger partial charge in [-0.3, -0.25) is 9.48 Å². The topological polar surface area (TPSA) is 50.2 Å². The van der Waals surface area contributed by atoms with Crippen LogP contribution in [0.4, 0.5) is 0 Å². The largest absolute Gasteiger partial charge is 0.340 e. The minimum atomic E-state index is -0.266. The zero-order chi connectivity index (χ0) is 14.9. The van der Waals surface area contributed by atoms with Gasteiger partial charge in [-0.2, -0.15) is 5.10 Å². The Morgan fingerprint density at radius 3 is 2.64 bits per heavy atom. The van der Waals surface area contributed by atoms with Crippen LogP contribution in [0.15, 0.2) is 12.4 Å². The first-order valence-electron chi connectivity index (χ1n) is 8.08. The van der Waals surface area contributed by atoms with Crippen molar-refractivity contribution in [3.8, 4) is 0 Å². The van der Waals surface area contributed by atoms with Crippen LogP contribution in [-0.2, 0) is 11.8 Å². The molecule has 1 aliphatic carbocycles. The van der Waals surface area contributed by atoms with Crippen molar-refractivity contribution >= 4 is 18.3 Å². The summed E-state index contributed by atoms with van der Waals surface area (Å²) in [4.78, 5) is 14.9. The third-order valence-electron chi connectivity index (χ3n) is 5.26. The maximum atomic E-state index is 12.8. The van der Waals surface area contributed by atoms with Gasteiger partial charge in [-0.1, -0.05) is 19.3 Å². The van der Waals surface area contributed by atoms with Gasteiger partial charge in [0.05, 0.1) is 6.20 Å². The number of likely N-dealkylation sites (tertiary alicyclic amines) is 1. The SMILES string of the molecule is CNC(C(=O)N1CCC2(CCCCC2)C1)c1cnn(C)c1.Cl. The Hall–Kier alpha value is -1.07. The van der Waals surface area contributed by atoms with Gasteiger partial charge in [-0.25, -0.2) is 0 Å². The molecule has 1 aliphatic heterocycles. The molecule has 1 saturated carbocycles. The lowest BCUT2D eigenvalue weighted by atomic mass is 9.73. The van der Waals surface area contributed by atoms with Crippen molar-refractivity contribution in [2.24, 2.45) is 12.5 Å². The van der Waals surface area contributed by atoms with Crippen molar-refractivity contribution in [1.29, 1.82) is 0 Å². The minimum Gasteiger partial charge on any atom is -0.340 e. The van der Waals surface area contributed by atoms with E-state index in [0.717, 1.165) is 18.7 Å². The second-order valence-corrected chi connectivity index (χ2v) is 6.74. The number of aryl methyl sites for hydroxylation is 1. The number of nitrogens with zero attached hydrogens (tertiary/aromatic N) is 3. The van der Waals surface area contributed by atoms with Gasteiger partial charge in [0.2, 0.25) is 5.91 Å². The van der Waals surface area contributed by atoms with Gasteiger partial charge < -0.3 is 10.2 Å². The van der Waals surface area contributed by atoms with Crippen molar-refractivity contribution in [3.05, 3.63) is 18.0 Å². The van der Waals surface area contributed by atoms with Gasteiger partial charge in [0, 0.05) is 31.9 Å². The summed E-state index contributed by atoms with van der Waals surface area (Å²) in [5.74, 6) is 0.202. The molecule has 1 aromatic rings. The fourth-order valence-corrected chi connectivity index (χ4v) is 4.04. The molecular weight excluding hydrogens is 300 g/mol. The van der Waals surface area contributed by atoms with Crippen LogP contribution in [0.25, 0.3) is 0 Å². The summed E-state index contributed by atoms with van der Waals surface area (Å²) in [5.41, 5.74) is 1.37. The number of likely N-dealkylation sites (N-methyl/N-ethyl adjacent to an activating group) is 1. The molecule has 1 aromatic heterocycles. The number of rotatable bonds is 3. The average molecular weight is 327 g/mol. The molecule has 0 radical (unpaired) electrons. The molecule has 0 aromatic carbocycles. The molecule has 0 bridgehead atoms. The number of carbonyl (C=O) groups excluding carboxylic acids is 1. The van der Waals surface area contributed by atoms with Crippen molar-refractivity contribution < 1.29 is 4.79 Å². The first kappa shape index (κ1) is 17.3. The number of aromatic nitrogens is 2. The highest BCUT2D eigenvalue weighted by molar-refractivity contribution is 5.85. The van der Waals surface area contributed by atoms with E-state index in [9.17, 15) is 4.79 Å². The molecule has 1 N–H and O–H groups in total. The van der Waals surface area contributed by atoms with Gasteiger partial charge in [-0.05, 0) is 31.7 Å². The lowest BCUT2D eigenvalue weighted by Gasteiger charge is -2.33. The lowest BCUT2D eigenvalue weighted by molar-refractivity contribution is -0.133. The van der Waals surface area contributed by atoms with E-state index < -0.39 is 0 Å². The lowest BCUT2D eigenvalue weighted by Crippen LogP contribution is -2.40. The van der Waals surface area contributed by atoms with Gasteiger partial charge in [0.15, 0.2) is 0 Å². The zero-order valence-electron chi connectivity index (χ0n) is 13.5. The summed E-state index contributed by atoms with van der Waals surface area (Å²) in [5, 5.41) is 7.34. The fraction of sp³-hybridized carbons (Fsp3) is 0.750. The van der Waals surface area contributed by atoms with E-state index >= 15 is 0 Å². The smallest absolute Gasteiger partial charge is 0.244 e. The fourth-order valence-electron chi connectivity index (χ4n) is 4.04. The molecule has 1 amide bonds. The highest BCUT2D eigenvalue weighted by Crippen LogP contribution is 2.44. The van der Waals surface area contributed by atoms with E-state index in [4.69, 9.17) is 0 Å². The van der Waals surface area contributed by atoms with Gasteiger partial charge in [-0.15, -0.1) is 12.4 Å². The third-order valence-corrected chi connectivity index (χ3v) is 5.26. The van der Waals surface area contributed by atoms with Gasteiger partial charge in [0.25, 0.3) is 0 Å². The summed E-state index contributed by atoms with van der Waals surface area (Å²) >= 11 is 0. The number of halogens is 1. The van der Waals surface area contributed by atoms with E-state index in [0.29, 0.717) is 5.41 Å². The Morgan fingerprint density at radius 2 is 2.05 bits per heavy atom. The quantitative estimate of drug-likeness (QED) is 0.927. The molecule has 1 saturated heterocycles. The monoisotopic (exact) mass is 326 g/mol. The van der Waals surface area contributed by atoms with Crippen LogP contribution in [-0.4, -0.2) is 40.7 Å². The number of hydrogen-bond acceptors (Lipinski definition) is 3. The maximum absolute atomic E-state index is 12.8. The first-order chi connectivity index (χ1) is 10.1. The maximum Gasteiger partial charge on any atom is 0.244 e. The van der Waals surface area contributed by atoms with Crippen molar-refractivity contribution in [3.63, 3.8) is 0 Å². The van der Waals surface area contributed by atoms with E-state index in [2.05, 4.69) is 15.3 Å². The van der Waals surface area contributed by atoms with Crippen LogP contribution in [0.2, 0.25) is 0 Å². The summed E-state index contributed by atoms with van der Waals surface area (Å²) in [7, 11) is 3.73. The second kappa shape index (κ2) is 7.01. The molecular formula is C16H27ClN4O. The molecule has 1 spiro atoms. The third kappa shape index (κ3) is 3.30. The van der Waals surface area contributed by atoms with Gasteiger partial charge >= 0.3 is 0 Å². The Morgan fingerprint density at radius 1 is 1.32 bits per heavy atom. The van der Waals surface area contributed by atoms with Gasteiger partial charge in [0.1, 0.15) is 6.04 Å². The first-order valence-corrected chi connectivity index (χ1v) is 8.08. The predicted molar refractivity (Wildman–Crippen MR) is 89.0 cm³/mol. The molecule has 2 fully saturated rings. The van der Waals surface area contributed by atoms with Crippen LogP contribution in [0.3, 0.4) is 0 Å². The Balaban J connectivity index is 0.00000176. The summed E-state index contributed by atoms with van der Waals surface area (Å²) in [6, 6.07) is -0.266. The van der Waals surface area contributed by atoms with Crippen molar-refractivity contribution in [2.45, 2.75) is 44.6 Å². The summed E-state index contributed by atoms with van der Waals surface area (Å²) < 4.78 is 1.75.